The average molecular weight is 115 g/mol. The second kappa shape index (κ2) is 2.07. The van der Waals surface area contributed by atoms with Gasteiger partial charge in [-0.1, -0.05) is 0 Å². The molecule has 0 aliphatic heterocycles. The Bertz CT molecular complexity index is 96.7. The highest BCUT2D eigenvalue weighted by Gasteiger charge is 2.12. The SMILES string of the molecule is BC(C)(C)OC(N)=O. The first kappa shape index (κ1) is 7.33. The number of amides is 1. The van der Waals surface area contributed by atoms with Crippen LogP contribution >= 0.6 is 0 Å². The lowest BCUT2D eigenvalue weighted by Gasteiger charge is -2.17. The van der Waals surface area contributed by atoms with Crippen LogP contribution in [0.3, 0.4) is 0 Å². The van der Waals surface area contributed by atoms with Gasteiger partial charge in [0, 0.05) is 0 Å². The fraction of sp³-hybridized carbons (Fsp3) is 0.750. The third-order valence-electron chi connectivity index (χ3n) is 0.407. The van der Waals surface area contributed by atoms with E-state index >= 15 is 0 Å². The molecule has 0 aromatic rings. The summed E-state index contributed by atoms with van der Waals surface area (Å²) in [7, 11) is 1.76. The normalized spacial score (nSPS) is 10.8. The van der Waals surface area contributed by atoms with Crippen LogP contribution in [-0.4, -0.2) is 19.4 Å². The maximum atomic E-state index is 10.0. The van der Waals surface area contributed by atoms with Crippen LogP contribution in [0.1, 0.15) is 13.8 Å². The maximum absolute atomic E-state index is 10.0. The average Bonchev–Trinajstić information content (AvgIpc) is 1.21. The van der Waals surface area contributed by atoms with Gasteiger partial charge in [-0.15, -0.1) is 0 Å². The molecule has 3 nitrogen and oxygen atoms in total. The van der Waals surface area contributed by atoms with Gasteiger partial charge in [0.15, 0.2) is 7.85 Å². The summed E-state index contributed by atoms with van der Waals surface area (Å²) in [5, 5.41) is 0. The van der Waals surface area contributed by atoms with Gasteiger partial charge in [0.2, 0.25) is 0 Å². The molecule has 0 bridgehead atoms. The minimum absolute atomic E-state index is 0.453. The Morgan fingerprint density at radius 2 is 2.12 bits per heavy atom. The van der Waals surface area contributed by atoms with Crippen molar-refractivity contribution in [1.29, 1.82) is 0 Å². The number of carbonyl (C=O) groups is 1. The summed E-state index contributed by atoms with van der Waals surface area (Å²) in [4.78, 5) is 10.0. The molecule has 0 aromatic heterocycles. The van der Waals surface area contributed by atoms with Gasteiger partial charge < -0.3 is 10.5 Å². The predicted molar refractivity (Wildman–Crippen MR) is 33.3 cm³/mol. The molecule has 2 N–H and O–H groups in total. The molecule has 0 saturated heterocycles. The standard InChI is InChI=1S/C4H10BNO2/c1-4(2,5)8-3(6)7/h5H2,1-2H3,(H2,6,7). The Kier molecular flexibility index (Phi) is 1.90. The van der Waals surface area contributed by atoms with Gasteiger partial charge in [-0.25, -0.2) is 4.79 Å². The van der Waals surface area contributed by atoms with Gasteiger partial charge in [-0.3, -0.25) is 0 Å². The molecule has 0 aliphatic rings. The molecule has 0 aromatic carbocycles. The summed E-state index contributed by atoms with van der Waals surface area (Å²) >= 11 is 0. The molecule has 1 amide bonds. The van der Waals surface area contributed by atoms with Crippen LogP contribution in [0, 0.1) is 0 Å². The van der Waals surface area contributed by atoms with Crippen LogP contribution in [0.2, 0.25) is 0 Å². The second-order valence-electron chi connectivity index (χ2n) is 2.53. The van der Waals surface area contributed by atoms with Gasteiger partial charge in [0.25, 0.3) is 0 Å². The Hall–Kier alpha value is -0.665. The first-order chi connectivity index (χ1) is 3.42. The minimum Gasteiger partial charge on any atom is -0.453 e. The van der Waals surface area contributed by atoms with E-state index in [2.05, 4.69) is 4.74 Å². The lowest BCUT2D eigenvalue weighted by atomic mass is 9.86. The largest absolute Gasteiger partial charge is 0.453 e. The molecule has 0 aliphatic carbocycles. The number of ether oxygens (including phenoxy) is 1. The number of hydrogen-bond acceptors (Lipinski definition) is 2. The molecule has 0 heterocycles. The topological polar surface area (TPSA) is 52.3 Å². The molecule has 0 fully saturated rings. The molecule has 0 saturated carbocycles. The molecule has 0 radical (unpaired) electrons. The Morgan fingerprint density at radius 3 is 2.12 bits per heavy atom. The summed E-state index contributed by atoms with van der Waals surface area (Å²) in [6.45, 7) is 3.52. The van der Waals surface area contributed by atoms with Crippen molar-refractivity contribution in [3.8, 4) is 0 Å². The summed E-state index contributed by atoms with van der Waals surface area (Å²) in [6.07, 6.45) is -0.725. The second-order valence-corrected chi connectivity index (χ2v) is 2.53. The number of carbonyl (C=O) groups excluding carboxylic acids is 1. The summed E-state index contributed by atoms with van der Waals surface area (Å²) in [5.41, 5.74) is 4.26. The van der Waals surface area contributed by atoms with Gasteiger partial charge >= 0.3 is 6.09 Å². The quantitative estimate of drug-likeness (QED) is 0.466. The van der Waals surface area contributed by atoms with Crippen LogP contribution in [-0.2, 0) is 4.74 Å². The van der Waals surface area contributed by atoms with Crippen molar-refractivity contribution in [2.75, 3.05) is 0 Å². The maximum Gasteiger partial charge on any atom is 0.404 e. The van der Waals surface area contributed by atoms with Crippen LogP contribution < -0.4 is 5.73 Å². The van der Waals surface area contributed by atoms with Gasteiger partial charge in [-0.2, -0.15) is 0 Å². The Morgan fingerprint density at radius 1 is 1.75 bits per heavy atom. The zero-order valence-electron chi connectivity index (χ0n) is 5.39. The van der Waals surface area contributed by atoms with Crippen molar-refractivity contribution in [1.82, 2.24) is 0 Å². The van der Waals surface area contributed by atoms with Crippen molar-refractivity contribution < 1.29 is 9.53 Å². The number of nitrogens with two attached hydrogens (primary N) is 1. The van der Waals surface area contributed by atoms with E-state index in [-0.39, 0.29) is 0 Å². The molecule has 0 atom stereocenters. The molecular formula is C4H10BNO2. The van der Waals surface area contributed by atoms with E-state index in [1.54, 1.807) is 21.7 Å². The van der Waals surface area contributed by atoms with E-state index in [1.807, 2.05) is 0 Å². The first-order valence-corrected chi connectivity index (χ1v) is 2.40. The van der Waals surface area contributed by atoms with Crippen LogP contribution in [0.5, 0.6) is 0 Å². The van der Waals surface area contributed by atoms with Crippen LogP contribution in [0.15, 0.2) is 0 Å². The minimum atomic E-state index is -0.725. The number of hydrogen-bond donors (Lipinski definition) is 1. The highest BCUT2D eigenvalue weighted by molar-refractivity contribution is 6.14. The number of rotatable bonds is 1. The molecular weight excluding hydrogens is 105 g/mol. The predicted octanol–water partition coefficient (Wildman–Crippen LogP) is -0.549. The van der Waals surface area contributed by atoms with Crippen molar-refractivity contribution >= 4 is 13.9 Å². The zero-order chi connectivity index (χ0) is 6.78. The van der Waals surface area contributed by atoms with E-state index in [0.717, 1.165) is 0 Å². The fourth-order valence-electron chi connectivity index (χ4n) is 0.302. The highest BCUT2D eigenvalue weighted by atomic mass is 16.6. The van der Waals surface area contributed by atoms with E-state index in [1.165, 1.54) is 0 Å². The summed E-state index contributed by atoms with van der Waals surface area (Å²) in [5.74, 6) is 0. The van der Waals surface area contributed by atoms with E-state index in [0.29, 0.717) is 0 Å². The van der Waals surface area contributed by atoms with Gasteiger partial charge in [-0.05, 0) is 13.8 Å². The van der Waals surface area contributed by atoms with Gasteiger partial charge in [0.05, 0.1) is 5.50 Å². The molecule has 0 unspecified atom stereocenters. The lowest BCUT2D eigenvalue weighted by Crippen LogP contribution is -2.30. The molecule has 0 spiro atoms. The summed E-state index contributed by atoms with van der Waals surface area (Å²) in [6, 6.07) is 0. The number of primary amides is 1. The van der Waals surface area contributed by atoms with E-state index < -0.39 is 11.6 Å². The molecule has 0 rings (SSSR count). The molecule has 46 valence electrons. The van der Waals surface area contributed by atoms with Crippen LogP contribution in [0.25, 0.3) is 0 Å². The Labute approximate surface area is 49.6 Å². The third-order valence-corrected chi connectivity index (χ3v) is 0.407. The third kappa shape index (κ3) is 5.33. The monoisotopic (exact) mass is 115 g/mol. The van der Waals surface area contributed by atoms with Crippen molar-refractivity contribution in [3.05, 3.63) is 0 Å². The molecule has 4 heteroatoms. The Balaban J connectivity index is 3.55. The van der Waals surface area contributed by atoms with E-state index in [9.17, 15) is 4.79 Å². The van der Waals surface area contributed by atoms with Crippen molar-refractivity contribution in [3.63, 3.8) is 0 Å². The first-order valence-electron chi connectivity index (χ1n) is 2.40. The van der Waals surface area contributed by atoms with Crippen molar-refractivity contribution in [2.24, 2.45) is 5.73 Å². The fourth-order valence-corrected chi connectivity index (χ4v) is 0.302. The van der Waals surface area contributed by atoms with Crippen molar-refractivity contribution in [2.45, 2.75) is 19.3 Å². The van der Waals surface area contributed by atoms with E-state index in [4.69, 9.17) is 5.73 Å². The zero-order valence-corrected chi connectivity index (χ0v) is 5.39. The van der Waals surface area contributed by atoms with Crippen LogP contribution in [0.4, 0.5) is 4.79 Å². The summed E-state index contributed by atoms with van der Waals surface area (Å²) < 4.78 is 4.58. The lowest BCUT2D eigenvalue weighted by molar-refractivity contribution is 0.102. The highest BCUT2D eigenvalue weighted by Crippen LogP contribution is 2.00. The smallest absolute Gasteiger partial charge is 0.404 e. The van der Waals surface area contributed by atoms with Gasteiger partial charge in [0.1, 0.15) is 0 Å². The molecule has 8 heavy (non-hydrogen) atoms.